The number of hydrogen-bond acceptors (Lipinski definition) is 1. The van der Waals surface area contributed by atoms with E-state index in [4.69, 9.17) is 11.6 Å². The zero-order valence-corrected chi connectivity index (χ0v) is 26.2. The summed E-state index contributed by atoms with van der Waals surface area (Å²) < 4.78 is 0. The number of carboxylic acid groups (broad SMARTS) is 1. The van der Waals surface area contributed by atoms with E-state index in [0.29, 0.717) is 23.7 Å². The van der Waals surface area contributed by atoms with Crippen molar-refractivity contribution in [3.05, 3.63) is 46.6 Å². The normalized spacial score (nSPS) is 45.1. The number of carbonyl (C=O) groups is 1. The molecule has 0 aliphatic heterocycles. The van der Waals surface area contributed by atoms with Crippen LogP contribution in [0.1, 0.15) is 104 Å². The first-order chi connectivity index (χ1) is 18.7. The average Bonchev–Trinajstić information content (AvgIpc) is 3.44. The molecule has 9 atom stereocenters. The minimum Gasteiger partial charge on any atom is -0.481 e. The van der Waals surface area contributed by atoms with Crippen LogP contribution in [0.3, 0.4) is 0 Å². The lowest BCUT2D eigenvalue weighted by Crippen LogP contribution is -2.66. The predicted octanol–water partition coefficient (Wildman–Crippen LogP) is 9.58. The van der Waals surface area contributed by atoms with Crippen LogP contribution in [0, 0.1) is 51.2 Å². The molecule has 216 valence electrons. The van der Waals surface area contributed by atoms with Gasteiger partial charge in [0.2, 0.25) is 0 Å². The Labute approximate surface area is 245 Å². The first-order valence-electron chi connectivity index (χ1n) is 15.9. The van der Waals surface area contributed by atoms with Crippen molar-refractivity contribution in [2.24, 2.45) is 51.2 Å². The maximum Gasteiger partial charge on any atom is 0.309 e. The third kappa shape index (κ3) is 3.07. The number of aliphatic carboxylic acids is 1. The van der Waals surface area contributed by atoms with Gasteiger partial charge in [0.1, 0.15) is 0 Å². The molecule has 1 heterocycles. The molecular formula is C36H48ClNO2. The number of aromatic amines is 1. The summed E-state index contributed by atoms with van der Waals surface area (Å²) in [5.74, 6) is 1.74. The molecule has 5 aliphatic rings. The van der Waals surface area contributed by atoms with E-state index >= 15 is 0 Å². The Morgan fingerprint density at radius 3 is 2.42 bits per heavy atom. The van der Waals surface area contributed by atoms with Crippen molar-refractivity contribution in [2.45, 2.75) is 105 Å². The Morgan fingerprint density at radius 2 is 1.73 bits per heavy atom. The van der Waals surface area contributed by atoms with E-state index in [1.165, 1.54) is 47.0 Å². The molecule has 0 spiro atoms. The largest absolute Gasteiger partial charge is 0.481 e. The van der Waals surface area contributed by atoms with E-state index in [0.717, 1.165) is 43.5 Å². The third-order valence-corrected chi connectivity index (χ3v) is 14.9. The first-order valence-corrected chi connectivity index (χ1v) is 16.3. The highest BCUT2D eigenvalue weighted by Gasteiger charge is 2.72. The van der Waals surface area contributed by atoms with E-state index in [-0.39, 0.29) is 27.6 Å². The average molecular weight is 562 g/mol. The number of aromatic nitrogens is 1. The molecule has 5 aliphatic carbocycles. The van der Waals surface area contributed by atoms with E-state index in [2.05, 4.69) is 65.2 Å². The number of halogens is 1. The fraction of sp³-hybridized carbons (Fsp3) is 0.694. The monoisotopic (exact) mass is 561 g/mol. The van der Waals surface area contributed by atoms with Crippen molar-refractivity contribution in [2.75, 3.05) is 0 Å². The molecule has 4 fully saturated rings. The van der Waals surface area contributed by atoms with Gasteiger partial charge in [0, 0.05) is 27.0 Å². The van der Waals surface area contributed by atoms with Gasteiger partial charge in [-0.2, -0.15) is 0 Å². The van der Waals surface area contributed by atoms with Crippen LogP contribution in [-0.2, 0) is 16.6 Å². The second-order valence-electron chi connectivity index (χ2n) is 16.2. The summed E-state index contributed by atoms with van der Waals surface area (Å²) >= 11 is 6.54. The Balaban J connectivity index is 1.34. The lowest BCUT2D eigenvalue weighted by atomic mass is 9.32. The van der Waals surface area contributed by atoms with Gasteiger partial charge in [0.15, 0.2) is 0 Å². The van der Waals surface area contributed by atoms with Crippen LogP contribution >= 0.6 is 11.6 Å². The summed E-state index contributed by atoms with van der Waals surface area (Å²) in [6, 6.07) is 6.34. The second-order valence-corrected chi connectivity index (χ2v) is 16.7. The molecule has 1 aromatic heterocycles. The van der Waals surface area contributed by atoms with Crippen LogP contribution in [0.15, 0.2) is 30.4 Å². The highest BCUT2D eigenvalue weighted by atomic mass is 35.5. The smallest absolute Gasteiger partial charge is 0.309 e. The maximum atomic E-state index is 13.0. The van der Waals surface area contributed by atoms with Crippen molar-refractivity contribution in [3.63, 3.8) is 0 Å². The summed E-state index contributed by atoms with van der Waals surface area (Å²) in [6.07, 6.45) is 9.69. The SMILES string of the molecule is C=C(C)[C@@H]1CCC2(C(=O)O)CC[C@]3(C)C(CCC4[C@@]5(C)Cc6c([nH]c7ccc(Cl)cc67)C(C)(C)C5CC[C@]43C)C12. The molecule has 4 saturated carbocycles. The van der Waals surface area contributed by atoms with Crippen LogP contribution < -0.4 is 0 Å². The molecule has 2 N–H and O–H groups in total. The molecule has 4 heteroatoms. The highest BCUT2D eigenvalue weighted by Crippen LogP contribution is 2.77. The summed E-state index contributed by atoms with van der Waals surface area (Å²) in [5.41, 5.74) is 5.40. The second kappa shape index (κ2) is 8.21. The van der Waals surface area contributed by atoms with Gasteiger partial charge in [-0.1, -0.05) is 58.4 Å². The fourth-order valence-electron chi connectivity index (χ4n) is 12.8. The Morgan fingerprint density at radius 1 is 0.975 bits per heavy atom. The van der Waals surface area contributed by atoms with Crippen molar-refractivity contribution in [3.8, 4) is 0 Å². The Hall–Kier alpha value is -1.74. The van der Waals surface area contributed by atoms with Crippen LogP contribution in [0.2, 0.25) is 5.02 Å². The minimum absolute atomic E-state index is 0.0639. The van der Waals surface area contributed by atoms with Crippen LogP contribution in [0.5, 0.6) is 0 Å². The van der Waals surface area contributed by atoms with E-state index in [1.54, 1.807) is 0 Å². The fourth-order valence-corrected chi connectivity index (χ4v) is 13.0. The number of allylic oxidation sites excluding steroid dienone is 1. The molecule has 0 bridgehead atoms. The number of hydrogen-bond donors (Lipinski definition) is 2. The lowest BCUT2D eigenvalue weighted by molar-refractivity contribution is -0.227. The molecule has 0 saturated heterocycles. The van der Waals surface area contributed by atoms with E-state index < -0.39 is 11.4 Å². The van der Waals surface area contributed by atoms with Crippen LogP contribution in [0.4, 0.5) is 0 Å². The number of carboxylic acids is 1. The van der Waals surface area contributed by atoms with Crippen molar-refractivity contribution >= 4 is 28.5 Å². The molecule has 7 rings (SSSR count). The molecule has 5 unspecified atom stereocenters. The third-order valence-electron chi connectivity index (χ3n) is 14.7. The van der Waals surface area contributed by atoms with Gasteiger partial charge in [-0.25, -0.2) is 0 Å². The van der Waals surface area contributed by atoms with Gasteiger partial charge in [0.25, 0.3) is 0 Å². The Bertz CT molecular complexity index is 1440. The van der Waals surface area contributed by atoms with Gasteiger partial charge in [-0.05, 0) is 134 Å². The predicted molar refractivity (Wildman–Crippen MR) is 164 cm³/mol. The summed E-state index contributed by atoms with van der Waals surface area (Å²) in [4.78, 5) is 16.8. The standard InChI is InChI=1S/C36H48ClNO2/c1-20(2)22-12-15-36(31(39)40)17-16-34(6)25(29(22)36)9-11-28-33(5)19-24-23-18-21(37)8-10-26(23)38-30(24)32(3,4)27(33)13-14-35(28,34)7/h8,10,18,22,25,27-29,38H,1,9,11-17,19H2,2-7H3,(H,39,40)/t22-,25?,27?,28?,29?,33-,34+,35+,36?/m0/s1. The quantitative estimate of drug-likeness (QED) is 0.358. The molecule has 2 aromatic rings. The molecule has 0 radical (unpaired) electrons. The first kappa shape index (κ1) is 27.1. The Kier molecular flexibility index (Phi) is 5.56. The number of fused-ring (bicyclic) bond motifs is 10. The van der Waals surface area contributed by atoms with Gasteiger partial charge in [0.05, 0.1) is 5.41 Å². The van der Waals surface area contributed by atoms with Crippen LogP contribution in [0.25, 0.3) is 10.9 Å². The zero-order valence-electron chi connectivity index (χ0n) is 25.4. The number of H-pyrrole nitrogens is 1. The van der Waals surface area contributed by atoms with Gasteiger partial charge < -0.3 is 10.1 Å². The van der Waals surface area contributed by atoms with Crippen molar-refractivity contribution in [1.29, 1.82) is 0 Å². The summed E-state index contributed by atoms with van der Waals surface area (Å²) in [7, 11) is 0. The topological polar surface area (TPSA) is 53.1 Å². The summed E-state index contributed by atoms with van der Waals surface area (Å²) in [5, 5.41) is 12.8. The molecule has 40 heavy (non-hydrogen) atoms. The zero-order chi connectivity index (χ0) is 28.6. The van der Waals surface area contributed by atoms with Crippen molar-refractivity contribution in [1.82, 2.24) is 4.98 Å². The maximum absolute atomic E-state index is 13.0. The number of benzene rings is 1. The van der Waals surface area contributed by atoms with Gasteiger partial charge in [-0.3, -0.25) is 4.79 Å². The van der Waals surface area contributed by atoms with Crippen molar-refractivity contribution < 1.29 is 9.90 Å². The molecule has 3 nitrogen and oxygen atoms in total. The van der Waals surface area contributed by atoms with Crippen LogP contribution in [-0.4, -0.2) is 16.1 Å². The summed E-state index contributed by atoms with van der Waals surface area (Å²) in [6.45, 7) is 19.4. The molecular weight excluding hydrogens is 514 g/mol. The molecule has 1 aromatic carbocycles. The van der Waals surface area contributed by atoms with E-state index in [9.17, 15) is 9.90 Å². The van der Waals surface area contributed by atoms with Gasteiger partial charge >= 0.3 is 5.97 Å². The van der Waals surface area contributed by atoms with Gasteiger partial charge in [-0.15, -0.1) is 0 Å². The molecule has 0 amide bonds. The highest BCUT2D eigenvalue weighted by molar-refractivity contribution is 6.31. The van der Waals surface area contributed by atoms with E-state index in [1.807, 2.05) is 6.07 Å². The minimum atomic E-state index is -0.552. The lowest BCUT2D eigenvalue weighted by Gasteiger charge is -2.72. The number of rotatable bonds is 2. The number of nitrogens with one attached hydrogen (secondary N) is 1.